The summed E-state index contributed by atoms with van der Waals surface area (Å²) in [6.07, 6.45) is 21.3. The van der Waals surface area contributed by atoms with Gasteiger partial charge in [0.25, 0.3) is 0 Å². The maximum absolute atomic E-state index is 12.4. The van der Waals surface area contributed by atoms with Crippen LogP contribution in [0.15, 0.2) is 60.8 Å². The Morgan fingerprint density at radius 2 is 1.97 bits per heavy atom. The van der Waals surface area contributed by atoms with E-state index in [4.69, 9.17) is 14.2 Å². The lowest BCUT2D eigenvalue weighted by atomic mass is 9.92. The highest BCUT2D eigenvalue weighted by molar-refractivity contribution is 5.82. The van der Waals surface area contributed by atoms with Crippen LogP contribution in [0.4, 0.5) is 0 Å². The summed E-state index contributed by atoms with van der Waals surface area (Å²) < 4.78 is 17.6. The lowest BCUT2D eigenvalue weighted by Crippen LogP contribution is -2.34. The minimum absolute atomic E-state index is 0.0326. The molecule has 0 saturated carbocycles. The van der Waals surface area contributed by atoms with Gasteiger partial charge in [0.05, 0.1) is 18.8 Å². The van der Waals surface area contributed by atoms with Gasteiger partial charge in [0.2, 0.25) is 0 Å². The predicted molar refractivity (Wildman–Crippen MR) is 131 cm³/mol. The zero-order valence-corrected chi connectivity index (χ0v) is 19.9. The number of carbonyl (C=O) groups is 1. The molecular weight excluding hydrogens is 416 g/mol. The average molecular weight is 457 g/mol. The van der Waals surface area contributed by atoms with Crippen LogP contribution in [0.3, 0.4) is 0 Å². The number of cyclic esters (lactones) is 1. The summed E-state index contributed by atoms with van der Waals surface area (Å²) in [4.78, 5) is 12.4. The third kappa shape index (κ3) is 9.44. The second-order valence-corrected chi connectivity index (χ2v) is 9.63. The van der Waals surface area contributed by atoms with Gasteiger partial charge in [0, 0.05) is 12.7 Å². The first-order valence-corrected chi connectivity index (χ1v) is 12.4. The van der Waals surface area contributed by atoms with E-state index in [1.807, 2.05) is 6.08 Å². The molecule has 1 aliphatic carbocycles. The second-order valence-electron chi connectivity index (χ2n) is 9.63. The van der Waals surface area contributed by atoms with E-state index in [0.29, 0.717) is 24.9 Å². The molecule has 5 atom stereocenters. The van der Waals surface area contributed by atoms with Crippen LogP contribution in [0.5, 0.6) is 0 Å². The summed E-state index contributed by atoms with van der Waals surface area (Å²) in [5.41, 5.74) is 1.23. The van der Waals surface area contributed by atoms with Crippen molar-refractivity contribution in [2.75, 3.05) is 13.2 Å². The van der Waals surface area contributed by atoms with Crippen LogP contribution in [-0.2, 0) is 19.0 Å². The maximum Gasteiger partial charge on any atom is 0.330 e. The molecule has 3 rings (SSSR count). The molecule has 0 aromatic rings. The van der Waals surface area contributed by atoms with Crippen molar-refractivity contribution in [3.8, 4) is 0 Å². The average Bonchev–Trinajstić information content (AvgIpc) is 3.29. The molecule has 5 unspecified atom stereocenters. The summed E-state index contributed by atoms with van der Waals surface area (Å²) in [5, 5.41) is 10.7. The van der Waals surface area contributed by atoms with Crippen LogP contribution in [0.1, 0.15) is 58.3 Å². The minimum atomic E-state index is -0.908. The molecule has 33 heavy (non-hydrogen) atoms. The lowest BCUT2D eigenvalue weighted by molar-refractivity contribution is -0.151. The molecule has 0 aromatic heterocycles. The van der Waals surface area contributed by atoms with E-state index in [0.717, 1.165) is 44.9 Å². The topological polar surface area (TPSA) is 65.0 Å². The van der Waals surface area contributed by atoms with E-state index in [1.54, 1.807) is 12.2 Å². The van der Waals surface area contributed by atoms with Gasteiger partial charge in [-0.1, -0.05) is 61.6 Å². The Morgan fingerprint density at radius 1 is 1.15 bits per heavy atom. The predicted octanol–water partition coefficient (Wildman–Crippen LogP) is 5.22. The Morgan fingerprint density at radius 3 is 2.79 bits per heavy atom. The van der Waals surface area contributed by atoms with Gasteiger partial charge in [-0.2, -0.15) is 0 Å². The monoisotopic (exact) mass is 456 g/mol. The highest BCUT2D eigenvalue weighted by Gasteiger charge is 2.23. The number of allylic oxidation sites excluding steroid dienone is 4. The highest BCUT2D eigenvalue weighted by Crippen LogP contribution is 2.25. The molecular formula is C28H40O5. The fourth-order valence-electron chi connectivity index (χ4n) is 4.65. The van der Waals surface area contributed by atoms with E-state index in [1.165, 1.54) is 11.6 Å². The van der Waals surface area contributed by atoms with E-state index in [9.17, 15) is 9.90 Å². The van der Waals surface area contributed by atoms with Gasteiger partial charge in [-0.05, 0) is 63.2 Å². The van der Waals surface area contributed by atoms with Crippen molar-refractivity contribution in [1.82, 2.24) is 0 Å². The highest BCUT2D eigenvalue weighted by atomic mass is 16.6. The number of aliphatic hydroxyl groups excluding tert-OH is 1. The smallest absolute Gasteiger partial charge is 0.330 e. The van der Waals surface area contributed by atoms with Crippen LogP contribution in [0.25, 0.3) is 0 Å². The van der Waals surface area contributed by atoms with Crippen LogP contribution in [0, 0.1) is 11.8 Å². The molecule has 0 aromatic carbocycles. The summed E-state index contributed by atoms with van der Waals surface area (Å²) in [6.45, 7) is 7.20. The van der Waals surface area contributed by atoms with Gasteiger partial charge < -0.3 is 19.3 Å². The fourth-order valence-corrected chi connectivity index (χ4v) is 4.65. The first kappa shape index (κ1) is 25.7. The van der Waals surface area contributed by atoms with E-state index >= 15 is 0 Å². The number of carbonyl (C=O) groups excluding carboxylic acids is 1. The van der Waals surface area contributed by atoms with Gasteiger partial charge in [0.15, 0.2) is 6.10 Å². The SMILES string of the molecule is C=C1CCCOCC(C(O)/C=C/C2CC=CC2)OC(=O)/C=C\CC2C=CCC(CC(C)C1)O2. The molecule has 0 saturated heterocycles. The van der Waals surface area contributed by atoms with Crippen molar-refractivity contribution >= 4 is 5.97 Å². The third-order valence-corrected chi connectivity index (χ3v) is 6.42. The maximum atomic E-state index is 12.4. The van der Waals surface area contributed by atoms with Gasteiger partial charge >= 0.3 is 5.97 Å². The fraction of sp³-hybridized carbons (Fsp3) is 0.607. The first-order chi connectivity index (χ1) is 16.0. The zero-order valence-electron chi connectivity index (χ0n) is 19.9. The van der Waals surface area contributed by atoms with Crippen LogP contribution < -0.4 is 0 Å². The van der Waals surface area contributed by atoms with Crippen LogP contribution >= 0.6 is 0 Å². The Kier molecular flexibility index (Phi) is 10.6. The molecule has 2 aliphatic heterocycles. The Labute approximate surface area is 198 Å². The summed E-state index contributed by atoms with van der Waals surface area (Å²) in [6, 6.07) is 0. The lowest BCUT2D eigenvalue weighted by Gasteiger charge is -2.28. The number of fused-ring (bicyclic) bond motifs is 2. The molecule has 0 radical (unpaired) electrons. The molecule has 5 nitrogen and oxygen atoms in total. The number of rotatable bonds is 3. The standard InChI is InChI=1S/C28H40O5/c1-21-8-7-17-31-20-27(26(29)16-15-23-9-3-4-10-23)33-28(30)14-6-12-24-11-5-13-25(32-24)19-22(2)18-21/h3-6,11,14-16,22-27,29H,1,7-10,12-13,17-20H2,2H3/b14-6-,16-15+. The van der Waals surface area contributed by atoms with Crippen LogP contribution in [-0.4, -0.2) is 48.7 Å². The molecule has 0 amide bonds. The van der Waals surface area contributed by atoms with Crippen molar-refractivity contribution in [3.05, 3.63) is 60.8 Å². The third-order valence-electron chi connectivity index (χ3n) is 6.42. The normalized spacial score (nSPS) is 32.9. The Bertz CT molecular complexity index is 741. The largest absolute Gasteiger partial charge is 0.454 e. The van der Waals surface area contributed by atoms with E-state index < -0.39 is 18.2 Å². The van der Waals surface area contributed by atoms with E-state index in [-0.39, 0.29) is 18.8 Å². The molecule has 5 heteroatoms. The van der Waals surface area contributed by atoms with E-state index in [2.05, 4.69) is 37.8 Å². The molecule has 1 N–H and O–H groups in total. The zero-order chi connectivity index (χ0) is 23.5. The summed E-state index contributed by atoms with van der Waals surface area (Å²) in [7, 11) is 0. The molecule has 2 heterocycles. The second kappa shape index (κ2) is 13.7. The van der Waals surface area contributed by atoms with Gasteiger partial charge in [0.1, 0.15) is 6.10 Å². The molecule has 182 valence electrons. The molecule has 3 aliphatic rings. The van der Waals surface area contributed by atoms with Crippen LogP contribution in [0.2, 0.25) is 0 Å². The Hall–Kier alpha value is -1.95. The number of hydrogen-bond acceptors (Lipinski definition) is 5. The van der Waals surface area contributed by atoms with Crippen molar-refractivity contribution in [1.29, 1.82) is 0 Å². The van der Waals surface area contributed by atoms with Gasteiger partial charge in [-0.25, -0.2) is 4.79 Å². The number of ether oxygens (including phenoxy) is 3. The number of hydrogen-bond donors (Lipinski definition) is 1. The first-order valence-electron chi connectivity index (χ1n) is 12.4. The number of esters is 1. The van der Waals surface area contributed by atoms with Gasteiger partial charge in [-0.3, -0.25) is 0 Å². The van der Waals surface area contributed by atoms with Crippen molar-refractivity contribution in [2.24, 2.45) is 11.8 Å². The molecule has 0 fully saturated rings. The molecule has 2 bridgehead atoms. The quantitative estimate of drug-likeness (QED) is 0.466. The Balaban J connectivity index is 1.62. The number of aliphatic hydroxyl groups is 1. The molecule has 0 spiro atoms. The van der Waals surface area contributed by atoms with Crippen molar-refractivity contribution < 1.29 is 24.1 Å². The summed E-state index contributed by atoms with van der Waals surface area (Å²) in [5.74, 6) is 0.440. The van der Waals surface area contributed by atoms with Crippen molar-refractivity contribution in [2.45, 2.75) is 82.7 Å². The minimum Gasteiger partial charge on any atom is -0.454 e. The van der Waals surface area contributed by atoms with Gasteiger partial charge in [-0.15, -0.1) is 0 Å². The van der Waals surface area contributed by atoms with Crippen molar-refractivity contribution in [3.63, 3.8) is 0 Å². The summed E-state index contributed by atoms with van der Waals surface area (Å²) >= 11 is 0.